The highest BCUT2D eigenvalue weighted by Gasteiger charge is 2.47. The number of carbonyl (C=O) groups is 2. The number of ether oxygens (including phenoxy) is 2. The van der Waals surface area contributed by atoms with E-state index in [2.05, 4.69) is 9.97 Å². The van der Waals surface area contributed by atoms with Gasteiger partial charge in [-0.25, -0.2) is 0 Å². The minimum Gasteiger partial charge on any atom is -0.507 e. The molecule has 0 spiro atoms. The molecular weight excluding hydrogens is 434 g/mol. The molecule has 168 valence electrons. The van der Waals surface area contributed by atoms with E-state index < -0.39 is 17.7 Å². The molecule has 1 atom stereocenters. The number of likely N-dealkylation sites (tertiary alicyclic amines) is 1. The zero-order chi connectivity index (χ0) is 23.2. The summed E-state index contributed by atoms with van der Waals surface area (Å²) in [7, 11) is 0. The number of aromatic nitrogens is 2. The van der Waals surface area contributed by atoms with Crippen molar-refractivity contribution < 1.29 is 24.2 Å². The van der Waals surface area contributed by atoms with E-state index >= 15 is 0 Å². The number of rotatable bonds is 4. The van der Waals surface area contributed by atoms with Gasteiger partial charge >= 0.3 is 0 Å². The van der Waals surface area contributed by atoms with Crippen LogP contribution in [0.2, 0.25) is 0 Å². The Balaban J connectivity index is 1.53. The zero-order valence-corrected chi connectivity index (χ0v) is 17.9. The fraction of sp³-hybridized carbons (Fsp3) is 0.115. The second-order valence-corrected chi connectivity index (χ2v) is 8.15. The molecule has 1 unspecified atom stereocenters. The Morgan fingerprint density at radius 3 is 2.79 bits per heavy atom. The largest absolute Gasteiger partial charge is 0.507 e. The van der Waals surface area contributed by atoms with Crippen molar-refractivity contribution in [3.05, 3.63) is 95.5 Å². The maximum Gasteiger partial charge on any atom is 0.295 e. The van der Waals surface area contributed by atoms with Crippen LogP contribution in [-0.4, -0.2) is 38.5 Å². The van der Waals surface area contributed by atoms with Gasteiger partial charge in [0.2, 0.25) is 6.79 Å². The summed E-state index contributed by atoms with van der Waals surface area (Å²) in [6.07, 6.45) is 5.09. The number of pyridine rings is 1. The van der Waals surface area contributed by atoms with Gasteiger partial charge in [-0.15, -0.1) is 0 Å². The number of para-hydroxylation sites is 1. The lowest BCUT2D eigenvalue weighted by Crippen LogP contribution is -2.29. The maximum atomic E-state index is 13.3. The van der Waals surface area contributed by atoms with Gasteiger partial charge in [-0.3, -0.25) is 14.6 Å². The zero-order valence-electron chi connectivity index (χ0n) is 17.9. The highest BCUT2D eigenvalue weighted by molar-refractivity contribution is 6.46. The molecule has 1 amide bonds. The van der Waals surface area contributed by atoms with Gasteiger partial charge in [0.15, 0.2) is 11.5 Å². The molecule has 0 radical (unpaired) electrons. The Morgan fingerprint density at radius 1 is 1.09 bits per heavy atom. The van der Waals surface area contributed by atoms with Crippen molar-refractivity contribution in [2.24, 2.45) is 0 Å². The van der Waals surface area contributed by atoms with Crippen LogP contribution in [0.4, 0.5) is 0 Å². The van der Waals surface area contributed by atoms with Gasteiger partial charge in [-0.1, -0.05) is 24.3 Å². The highest BCUT2D eigenvalue weighted by Crippen LogP contribution is 2.43. The number of hydrogen-bond acceptors (Lipinski definition) is 6. The van der Waals surface area contributed by atoms with Crippen molar-refractivity contribution in [2.45, 2.75) is 12.6 Å². The number of benzene rings is 2. The van der Waals surface area contributed by atoms with Gasteiger partial charge < -0.3 is 24.5 Å². The predicted molar refractivity (Wildman–Crippen MR) is 123 cm³/mol. The molecule has 6 rings (SSSR count). The van der Waals surface area contributed by atoms with Gasteiger partial charge in [0, 0.05) is 47.2 Å². The molecule has 0 saturated carbocycles. The van der Waals surface area contributed by atoms with E-state index in [1.54, 1.807) is 42.9 Å². The van der Waals surface area contributed by atoms with Crippen LogP contribution in [-0.2, 0) is 16.1 Å². The summed E-state index contributed by atoms with van der Waals surface area (Å²) in [6, 6.07) is 15.4. The summed E-state index contributed by atoms with van der Waals surface area (Å²) in [5.74, 6) is -0.657. The highest BCUT2D eigenvalue weighted by atomic mass is 16.7. The summed E-state index contributed by atoms with van der Waals surface area (Å²) in [4.78, 5) is 35.4. The number of aliphatic hydroxyl groups excluding tert-OH is 1. The molecule has 1 saturated heterocycles. The van der Waals surface area contributed by atoms with Gasteiger partial charge in [0.25, 0.3) is 11.7 Å². The lowest BCUT2D eigenvalue weighted by Gasteiger charge is -2.25. The summed E-state index contributed by atoms with van der Waals surface area (Å²) < 4.78 is 10.8. The molecule has 4 heterocycles. The molecular formula is C26H19N3O5. The lowest BCUT2D eigenvalue weighted by molar-refractivity contribution is -0.140. The molecule has 1 fully saturated rings. The SMILES string of the molecule is O=C1C(=O)N(Cc2cccnc2)C(c2c[nH]c3ccccc23)/C1=C(\O)c1ccc2c(c1)OCO2. The van der Waals surface area contributed by atoms with E-state index in [1.165, 1.54) is 4.90 Å². The predicted octanol–water partition coefficient (Wildman–Crippen LogP) is 3.91. The van der Waals surface area contributed by atoms with Crippen LogP contribution >= 0.6 is 0 Å². The number of nitrogens with zero attached hydrogens (tertiary/aromatic N) is 2. The van der Waals surface area contributed by atoms with Crippen LogP contribution in [0.3, 0.4) is 0 Å². The molecule has 8 heteroatoms. The molecule has 2 aromatic heterocycles. The number of nitrogens with one attached hydrogen (secondary N) is 1. The minimum absolute atomic E-state index is 0.0255. The van der Waals surface area contributed by atoms with E-state index in [9.17, 15) is 14.7 Å². The van der Waals surface area contributed by atoms with Crippen molar-refractivity contribution in [1.29, 1.82) is 0 Å². The first-order chi connectivity index (χ1) is 16.6. The van der Waals surface area contributed by atoms with Gasteiger partial charge in [-0.2, -0.15) is 0 Å². The molecule has 34 heavy (non-hydrogen) atoms. The third kappa shape index (κ3) is 3.11. The number of fused-ring (bicyclic) bond motifs is 2. The van der Waals surface area contributed by atoms with E-state index in [1.807, 2.05) is 30.3 Å². The van der Waals surface area contributed by atoms with E-state index in [0.717, 1.165) is 22.0 Å². The Bertz CT molecular complexity index is 1470. The molecule has 8 nitrogen and oxygen atoms in total. The fourth-order valence-electron chi connectivity index (χ4n) is 4.57. The number of carbonyl (C=O) groups excluding carboxylic acids is 2. The molecule has 0 aliphatic carbocycles. The Kier molecular flexibility index (Phi) is 4.58. The van der Waals surface area contributed by atoms with Crippen molar-refractivity contribution in [1.82, 2.24) is 14.9 Å². The molecule has 2 aromatic carbocycles. The van der Waals surface area contributed by atoms with Gasteiger partial charge in [-0.05, 0) is 35.9 Å². The second-order valence-electron chi connectivity index (χ2n) is 8.15. The van der Waals surface area contributed by atoms with Crippen molar-refractivity contribution in [2.75, 3.05) is 6.79 Å². The number of aliphatic hydroxyl groups is 1. The molecule has 2 N–H and O–H groups in total. The summed E-state index contributed by atoms with van der Waals surface area (Å²) in [6.45, 7) is 0.255. The van der Waals surface area contributed by atoms with Crippen LogP contribution in [0.25, 0.3) is 16.7 Å². The fourth-order valence-corrected chi connectivity index (χ4v) is 4.57. The first kappa shape index (κ1) is 20.0. The third-order valence-corrected chi connectivity index (χ3v) is 6.18. The van der Waals surface area contributed by atoms with E-state index in [0.29, 0.717) is 17.1 Å². The van der Waals surface area contributed by atoms with Crippen LogP contribution in [0.5, 0.6) is 11.5 Å². The topological polar surface area (TPSA) is 105 Å². The number of Topliss-reactive ketones (excluding diaryl/α,β-unsaturated/α-hetero) is 1. The van der Waals surface area contributed by atoms with Crippen LogP contribution < -0.4 is 9.47 Å². The number of hydrogen-bond donors (Lipinski definition) is 2. The summed E-state index contributed by atoms with van der Waals surface area (Å²) in [5.41, 5.74) is 2.76. The van der Waals surface area contributed by atoms with Crippen LogP contribution in [0.15, 0.2) is 78.8 Å². The molecule has 4 aromatic rings. The number of ketones is 1. The van der Waals surface area contributed by atoms with Gasteiger partial charge in [0.1, 0.15) is 5.76 Å². The quantitative estimate of drug-likeness (QED) is 0.276. The average molecular weight is 453 g/mol. The van der Waals surface area contributed by atoms with Crippen LogP contribution in [0.1, 0.15) is 22.7 Å². The van der Waals surface area contributed by atoms with Crippen molar-refractivity contribution in [3.8, 4) is 11.5 Å². The number of aromatic amines is 1. The average Bonchev–Trinajstić information content (AvgIpc) is 3.57. The van der Waals surface area contributed by atoms with Gasteiger partial charge in [0.05, 0.1) is 11.6 Å². The first-order valence-electron chi connectivity index (χ1n) is 10.7. The van der Waals surface area contributed by atoms with E-state index in [4.69, 9.17) is 9.47 Å². The Morgan fingerprint density at radius 2 is 1.94 bits per heavy atom. The summed E-state index contributed by atoms with van der Waals surface area (Å²) >= 11 is 0. The van der Waals surface area contributed by atoms with Crippen molar-refractivity contribution >= 4 is 28.4 Å². The van der Waals surface area contributed by atoms with E-state index in [-0.39, 0.29) is 24.7 Å². The third-order valence-electron chi connectivity index (χ3n) is 6.18. The minimum atomic E-state index is -0.790. The first-order valence-corrected chi connectivity index (χ1v) is 10.7. The number of H-pyrrole nitrogens is 1. The monoisotopic (exact) mass is 453 g/mol. The lowest BCUT2D eigenvalue weighted by atomic mass is 9.94. The molecule has 0 bridgehead atoms. The normalized spacial score (nSPS) is 18.7. The second kappa shape index (κ2) is 7.77. The smallest absolute Gasteiger partial charge is 0.295 e. The maximum absolute atomic E-state index is 13.3. The Hall–Kier alpha value is -4.59. The number of amides is 1. The van der Waals surface area contributed by atoms with Crippen LogP contribution in [0, 0.1) is 0 Å². The Labute approximate surface area is 194 Å². The standard InChI is InChI=1S/C26H19N3O5/c30-24(16-7-8-20-21(10-16)34-14-33-20)22-23(18-12-28-19-6-2-1-5-17(18)19)29(26(32)25(22)31)13-15-4-3-9-27-11-15/h1-12,23,28,30H,13-14H2/b24-22+. The molecule has 2 aliphatic rings. The summed E-state index contributed by atoms with van der Waals surface area (Å²) in [5, 5.41) is 12.2. The van der Waals surface area contributed by atoms with Crippen molar-refractivity contribution in [3.63, 3.8) is 0 Å². The molecule has 2 aliphatic heterocycles.